The molecule has 6 nitrogen and oxygen atoms in total. The summed E-state index contributed by atoms with van der Waals surface area (Å²) in [4.78, 5) is 38.3. The molecule has 0 amide bonds. The Morgan fingerprint density at radius 2 is 0.444 bits per heavy atom. The van der Waals surface area contributed by atoms with Gasteiger partial charge in [0.15, 0.2) is 6.10 Å². The van der Waals surface area contributed by atoms with Crippen LogP contribution in [-0.2, 0) is 28.6 Å². The summed E-state index contributed by atoms with van der Waals surface area (Å²) < 4.78 is 16.9. The van der Waals surface area contributed by atoms with Crippen LogP contribution in [0.2, 0.25) is 0 Å². The highest BCUT2D eigenvalue weighted by Crippen LogP contribution is 2.19. The molecule has 0 aliphatic heterocycles. The van der Waals surface area contributed by atoms with Crippen LogP contribution in [0.5, 0.6) is 0 Å². The zero-order valence-corrected chi connectivity index (χ0v) is 55.1. The molecule has 0 N–H and O–H groups in total. The monoisotopic (exact) mass is 1140 g/mol. The summed E-state index contributed by atoms with van der Waals surface area (Å²) in [6, 6.07) is 0. The molecule has 0 saturated carbocycles. The third-order valence-electron chi connectivity index (χ3n) is 17.0. The van der Waals surface area contributed by atoms with Crippen molar-refractivity contribution in [2.75, 3.05) is 13.2 Å². The molecule has 1 atom stereocenters. The van der Waals surface area contributed by atoms with Crippen LogP contribution in [-0.4, -0.2) is 37.2 Å². The highest BCUT2D eigenvalue weighted by Gasteiger charge is 2.20. The molecule has 6 heteroatoms. The van der Waals surface area contributed by atoms with Crippen LogP contribution in [0.4, 0.5) is 0 Å². The lowest BCUT2D eigenvalue weighted by Gasteiger charge is -2.18. The smallest absolute Gasteiger partial charge is 0.306 e. The Balaban J connectivity index is 4.02. The van der Waals surface area contributed by atoms with E-state index in [2.05, 4.69) is 45.1 Å². The second kappa shape index (κ2) is 70.4. The SMILES string of the molecule is CCCCCCC/C=C\C/C=C\CCCCCCCCCCCC(=O)OC(COC(=O)CCCCCCCCCCC)COC(=O)CCCCCCCCCCCCCCCCCCCCCCCCCCCCCCCCCCC. The summed E-state index contributed by atoms with van der Waals surface area (Å²) in [5, 5.41) is 0. The Morgan fingerprint density at radius 1 is 0.247 bits per heavy atom. The predicted octanol–water partition coefficient (Wildman–Crippen LogP) is 25.3. The van der Waals surface area contributed by atoms with E-state index in [1.165, 1.54) is 315 Å². The van der Waals surface area contributed by atoms with Crippen molar-refractivity contribution in [3.63, 3.8) is 0 Å². The topological polar surface area (TPSA) is 78.9 Å². The molecule has 0 aromatic rings. The minimum absolute atomic E-state index is 0.0670. The van der Waals surface area contributed by atoms with Crippen molar-refractivity contribution >= 4 is 17.9 Å². The van der Waals surface area contributed by atoms with Gasteiger partial charge in [0.2, 0.25) is 0 Å². The molecule has 0 aromatic carbocycles. The van der Waals surface area contributed by atoms with Crippen molar-refractivity contribution in [1.29, 1.82) is 0 Å². The molecular formula is C75H142O6. The third-order valence-corrected chi connectivity index (χ3v) is 17.0. The van der Waals surface area contributed by atoms with E-state index in [1.807, 2.05) is 0 Å². The Labute approximate surface area is 506 Å². The fraction of sp³-hybridized carbons (Fsp3) is 0.907. The molecule has 0 bridgehead atoms. The van der Waals surface area contributed by atoms with Crippen molar-refractivity contribution in [2.24, 2.45) is 0 Å². The molecule has 1 unspecified atom stereocenters. The number of ether oxygens (including phenoxy) is 3. The number of allylic oxidation sites excluding steroid dienone is 4. The molecule has 0 saturated heterocycles. The van der Waals surface area contributed by atoms with E-state index in [4.69, 9.17) is 14.2 Å². The lowest BCUT2D eigenvalue weighted by Crippen LogP contribution is -2.30. The molecule has 0 aromatic heterocycles. The van der Waals surface area contributed by atoms with Gasteiger partial charge in [-0.3, -0.25) is 14.4 Å². The lowest BCUT2D eigenvalue weighted by molar-refractivity contribution is -0.167. The van der Waals surface area contributed by atoms with Crippen LogP contribution in [0.1, 0.15) is 419 Å². The molecule has 0 radical (unpaired) electrons. The van der Waals surface area contributed by atoms with Gasteiger partial charge >= 0.3 is 17.9 Å². The van der Waals surface area contributed by atoms with E-state index in [-0.39, 0.29) is 31.1 Å². The summed E-state index contributed by atoms with van der Waals surface area (Å²) in [7, 11) is 0. The Kier molecular flexibility index (Phi) is 68.5. The first-order valence-corrected chi connectivity index (χ1v) is 36.8. The largest absolute Gasteiger partial charge is 0.462 e. The van der Waals surface area contributed by atoms with Gasteiger partial charge in [0, 0.05) is 19.3 Å². The highest BCUT2D eigenvalue weighted by molar-refractivity contribution is 5.71. The fourth-order valence-corrected chi connectivity index (χ4v) is 11.4. The fourth-order valence-electron chi connectivity index (χ4n) is 11.4. The van der Waals surface area contributed by atoms with Gasteiger partial charge in [0.1, 0.15) is 13.2 Å². The molecule has 478 valence electrons. The third kappa shape index (κ3) is 68.6. The number of hydrogen-bond acceptors (Lipinski definition) is 6. The standard InChI is InChI=1S/C75H142O6/c1-4-7-10-13-16-19-21-23-25-27-29-31-32-33-34-35-36-37-38-39-40-41-42-44-45-47-49-51-53-56-59-62-65-68-74(77)80-71-72(70-79-73(76)67-64-61-58-55-18-15-12-9-6-3)81-75(78)69-66-63-60-57-54-52-50-48-46-43-30-28-26-24-22-20-17-14-11-8-5-2/h22,24,28,30,72H,4-21,23,25-27,29,31-71H2,1-3H3/b24-22-,30-28-. The summed E-state index contributed by atoms with van der Waals surface area (Å²) in [5.74, 6) is -0.845. The molecule has 0 rings (SSSR count). The summed E-state index contributed by atoms with van der Waals surface area (Å²) in [5.41, 5.74) is 0. The second-order valence-corrected chi connectivity index (χ2v) is 25.2. The molecule has 81 heavy (non-hydrogen) atoms. The second-order valence-electron chi connectivity index (χ2n) is 25.2. The number of carbonyl (C=O) groups excluding carboxylic acids is 3. The first-order valence-electron chi connectivity index (χ1n) is 36.8. The van der Waals surface area contributed by atoms with Gasteiger partial charge in [-0.1, -0.05) is 373 Å². The van der Waals surface area contributed by atoms with Crippen molar-refractivity contribution in [2.45, 2.75) is 425 Å². The Morgan fingerprint density at radius 3 is 0.679 bits per heavy atom. The zero-order chi connectivity index (χ0) is 58.5. The van der Waals surface area contributed by atoms with Crippen LogP contribution in [0.25, 0.3) is 0 Å². The maximum absolute atomic E-state index is 12.9. The zero-order valence-electron chi connectivity index (χ0n) is 55.1. The van der Waals surface area contributed by atoms with Gasteiger partial charge < -0.3 is 14.2 Å². The molecule has 0 heterocycles. The molecule has 0 aliphatic carbocycles. The van der Waals surface area contributed by atoms with Gasteiger partial charge in [-0.25, -0.2) is 0 Å². The molecule has 0 fully saturated rings. The lowest BCUT2D eigenvalue weighted by atomic mass is 10.0. The van der Waals surface area contributed by atoms with Gasteiger partial charge in [0.05, 0.1) is 0 Å². The first kappa shape index (κ1) is 78.9. The van der Waals surface area contributed by atoms with E-state index >= 15 is 0 Å². The van der Waals surface area contributed by atoms with Gasteiger partial charge in [0.25, 0.3) is 0 Å². The normalized spacial score (nSPS) is 12.1. The quantitative estimate of drug-likeness (QED) is 0.0261. The van der Waals surface area contributed by atoms with Crippen LogP contribution in [0, 0.1) is 0 Å². The van der Waals surface area contributed by atoms with Crippen molar-refractivity contribution in [1.82, 2.24) is 0 Å². The molecule has 0 spiro atoms. The van der Waals surface area contributed by atoms with Crippen LogP contribution < -0.4 is 0 Å². The van der Waals surface area contributed by atoms with Crippen LogP contribution >= 0.6 is 0 Å². The maximum atomic E-state index is 12.9. The average Bonchev–Trinajstić information content (AvgIpc) is 3.47. The van der Waals surface area contributed by atoms with E-state index in [1.54, 1.807) is 0 Å². The van der Waals surface area contributed by atoms with Crippen LogP contribution in [0.15, 0.2) is 24.3 Å². The molecule has 0 aliphatic rings. The number of carbonyl (C=O) groups is 3. The summed E-state index contributed by atoms with van der Waals surface area (Å²) in [6.45, 7) is 6.68. The van der Waals surface area contributed by atoms with E-state index < -0.39 is 6.10 Å². The number of rotatable bonds is 69. The van der Waals surface area contributed by atoms with Gasteiger partial charge in [-0.05, 0) is 51.4 Å². The van der Waals surface area contributed by atoms with E-state index in [0.29, 0.717) is 19.3 Å². The van der Waals surface area contributed by atoms with Crippen molar-refractivity contribution in [3.05, 3.63) is 24.3 Å². The minimum Gasteiger partial charge on any atom is -0.462 e. The summed E-state index contributed by atoms with van der Waals surface area (Å²) >= 11 is 0. The number of esters is 3. The first-order chi connectivity index (χ1) is 40.0. The Hall–Kier alpha value is -2.11. The Bertz CT molecular complexity index is 1310. The van der Waals surface area contributed by atoms with Crippen molar-refractivity contribution < 1.29 is 28.6 Å². The van der Waals surface area contributed by atoms with E-state index in [0.717, 1.165) is 64.2 Å². The number of unbranched alkanes of at least 4 members (excludes halogenated alkanes) is 54. The number of hydrogen-bond donors (Lipinski definition) is 0. The minimum atomic E-state index is -0.770. The predicted molar refractivity (Wildman–Crippen MR) is 353 cm³/mol. The van der Waals surface area contributed by atoms with E-state index in [9.17, 15) is 14.4 Å². The van der Waals surface area contributed by atoms with Crippen molar-refractivity contribution in [3.8, 4) is 0 Å². The highest BCUT2D eigenvalue weighted by atomic mass is 16.6. The summed E-state index contributed by atoms with van der Waals surface area (Å²) in [6.07, 6.45) is 86.8. The maximum Gasteiger partial charge on any atom is 0.306 e. The average molecular weight is 1140 g/mol. The van der Waals surface area contributed by atoms with Gasteiger partial charge in [-0.2, -0.15) is 0 Å². The van der Waals surface area contributed by atoms with Gasteiger partial charge in [-0.15, -0.1) is 0 Å². The molecular weight excluding hydrogens is 997 g/mol. The van der Waals surface area contributed by atoms with Crippen LogP contribution in [0.3, 0.4) is 0 Å².